The van der Waals surface area contributed by atoms with Gasteiger partial charge in [0.05, 0.1) is 11.3 Å². The number of nitrogens with zero attached hydrogens (tertiary/aromatic N) is 2. The van der Waals surface area contributed by atoms with E-state index in [9.17, 15) is 9.18 Å². The summed E-state index contributed by atoms with van der Waals surface area (Å²) in [7, 11) is 0. The van der Waals surface area contributed by atoms with Gasteiger partial charge in [-0.15, -0.1) is 0 Å². The van der Waals surface area contributed by atoms with Crippen molar-refractivity contribution in [3.05, 3.63) is 83.1 Å². The van der Waals surface area contributed by atoms with Crippen LogP contribution in [0, 0.1) is 12.7 Å². The molecule has 150 valence electrons. The Morgan fingerprint density at radius 1 is 1.07 bits per heavy atom. The van der Waals surface area contributed by atoms with E-state index in [2.05, 4.69) is 15.3 Å². The lowest BCUT2D eigenvalue weighted by molar-refractivity contribution is -0.113. The molecule has 4 aromatic rings. The van der Waals surface area contributed by atoms with Gasteiger partial charge < -0.3 is 5.32 Å². The van der Waals surface area contributed by atoms with Crippen LogP contribution in [-0.4, -0.2) is 21.6 Å². The molecule has 0 aliphatic carbocycles. The molecule has 3 aromatic carbocycles. The van der Waals surface area contributed by atoms with E-state index in [1.165, 1.54) is 23.9 Å². The van der Waals surface area contributed by atoms with Crippen molar-refractivity contribution < 1.29 is 9.18 Å². The molecular weight excluding hydrogens is 421 g/mol. The van der Waals surface area contributed by atoms with Gasteiger partial charge in [-0.2, -0.15) is 0 Å². The standard InChI is InChI=1S/C23H17ClFN3OS/c1-14-18(24)8-5-9-19(14)26-21(29)13-30-23-17-12-16(25)10-11-20(17)27-22(28-23)15-6-3-2-4-7-15/h2-12H,13H2,1H3,(H,26,29). The topological polar surface area (TPSA) is 54.9 Å². The van der Waals surface area contributed by atoms with Crippen LogP contribution in [0.5, 0.6) is 0 Å². The van der Waals surface area contributed by atoms with Crippen LogP contribution in [-0.2, 0) is 4.79 Å². The van der Waals surface area contributed by atoms with E-state index in [-0.39, 0.29) is 17.5 Å². The van der Waals surface area contributed by atoms with Crippen molar-refractivity contribution in [3.8, 4) is 11.4 Å². The van der Waals surface area contributed by atoms with Gasteiger partial charge in [0.1, 0.15) is 10.8 Å². The molecule has 0 fully saturated rings. The average molecular weight is 438 g/mol. The summed E-state index contributed by atoms with van der Waals surface area (Å²) in [4.78, 5) is 21.7. The summed E-state index contributed by atoms with van der Waals surface area (Å²) < 4.78 is 13.9. The van der Waals surface area contributed by atoms with Crippen LogP contribution in [0.2, 0.25) is 5.02 Å². The first-order chi connectivity index (χ1) is 14.5. The summed E-state index contributed by atoms with van der Waals surface area (Å²) in [5, 5.41) is 4.58. The first kappa shape index (κ1) is 20.3. The number of anilines is 1. The molecule has 0 radical (unpaired) electrons. The maximum atomic E-state index is 13.9. The van der Waals surface area contributed by atoms with Crippen molar-refractivity contribution in [1.82, 2.24) is 9.97 Å². The molecule has 0 aliphatic heterocycles. The van der Waals surface area contributed by atoms with Crippen molar-refractivity contribution in [1.29, 1.82) is 0 Å². The second-order valence-corrected chi connectivity index (χ2v) is 8.00. The zero-order valence-electron chi connectivity index (χ0n) is 16.0. The zero-order valence-corrected chi connectivity index (χ0v) is 17.6. The molecule has 1 aromatic heterocycles. The predicted octanol–water partition coefficient (Wildman–Crippen LogP) is 6.13. The zero-order chi connectivity index (χ0) is 21.1. The molecular formula is C23H17ClFN3OS. The highest BCUT2D eigenvalue weighted by atomic mass is 35.5. The SMILES string of the molecule is Cc1c(Cl)cccc1NC(=O)CSc1nc(-c2ccccc2)nc2ccc(F)cc12. The quantitative estimate of drug-likeness (QED) is 0.301. The van der Waals surface area contributed by atoms with Crippen LogP contribution in [0.4, 0.5) is 10.1 Å². The summed E-state index contributed by atoms with van der Waals surface area (Å²) in [6.45, 7) is 1.85. The van der Waals surface area contributed by atoms with Gasteiger partial charge in [-0.1, -0.05) is 59.8 Å². The molecule has 0 bridgehead atoms. The average Bonchev–Trinajstić information content (AvgIpc) is 2.76. The molecule has 0 atom stereocenters. The Bertz CT molecular complexity index is 1230. The molecule has 4 rings (SSSR count). The number of carbonyl (C=O) groups is 1. The van der Waals surface area contributed by atoms with Crippen molar-refractivity contribution in [2.24, 2.45) is 0 Å². The minimum atomic E-state index is -0.376. The van der Waals surface area contributed by atoms with Crippen molar-refractivity contribution in [3.63, 3.8) is 0 Å². The Kier molecular flexibility index (Phi) is 5.97. The Labute approximate surface area is 182 Å². The van der Waals surface area contributed by atoms with Crippen LogP contribution in [0.15, 0.2) is 71.8 Å². The van der Waals surface area contributed by atoms with Gasteiger partial charge in [0.2, 0.25) is 5.91 Å². The number of rotatable bonds is 5. The second kappa shape index (κ2) is 8.81. The largest absolute Gasteiger partial charge is 0.325 e. The van der Waals surface area contributed by atoms with Crippen LogP contribution in [0.3, 0.4) is 0 Å². The third-order valence-corrected chi connectivity index (χ3v) is 5.94. The van der Waals surface area contributed by atoms with Crippen LogP contribution >= 0.6 is 23.4 Å². The molecule has 30 heavy (non-hydrogen) atoms. The molecule has 0 saturated carbocycles. The number of amides is 1. The fourth-order valence-electron chi connectivity index (χ4n) is 2.96. The van der Waals surface area contributed by atoms with Gasteiger partial charge in [-0.3, -0.25) is 4.79 Å². The lowest BCUT2D eigenvalue weighted by Crippen LogP contribution is -2.15. The van der Waals surface area contributed by atoms with E-state index in [1.54, 1.807) is 24.3 Å². The third-order valence-electron chi connectivity index (χ3n) is 4.54. The van der Waals surface area contributed by atoms with E-state index in [1.807, 2.05) is 37.3 Å². The lowest BCUT2D eigenvalue weighted by atomic mass is 10.2. The van der Waals surface area contributed by atoms with Crippen LogP contribution in [0.25, 0.3) is 22.3 Å². The van der Waals surface area contributed by atoms with Gasteiger partial charge in [0.15, 0.2) is 5.82 Å². The summed E-state index contributed by atoms with van der Waals surface area (Å²) in [5.41, 5.74) is 2.94. The van der Waals surface area contributed by atoms with Crippen molar-refractivity contribution in [2.75, 3.05) is 11.1 Å². The summed E-state index contributed by atoms with van der Waals surface area (Å²) in [6.07, 6.45) is 0. The highest BCUT2D eigenvalue weighted by Crippen LogP contribution is 2.29. The van der Waals surface area contributed by atoms with Gasteiger partial charge in [-0.05, 0) is 42.8 Å². The van der Waals surface area contributed by atoms with Crippen molar-refractivity contribution >= 4 is 45.9 Å². The van der Waals surface area contributed by atoms with Crippen LogP contribution in [0.1, 0.15) is 5.56 Å². The Morgan fingerprint density at radius 3 is 2.67 bits per heavy atom. The first-order valence-corrected chi connectivity index (χ1v) is 10.6. The molecule has 4 nitrogen and oxygen atoms in total. The number of aromatic nitrogens is 2. The van der Waals surface area contributed by atoms with Gasteiger partial charge >= 0.3 is 0 Å². The number of hydrogen-bond donors (Lipinski definition) is 1. The van der Waals surface area contributed by atoms with Crippen LogP contribution < -0.4 is 5.32 Å². The lowest BCUT2D eigenvalue weighted by Gasteiger charge is -2.11. The van der Waals surface area contributed by atoms with E-state index in [0.29, 0.717) is 32.5 Å². The van der Waals surface area contributed by atoms with E-state index in [4.69, 9.17) is 11.6 Å². The number of nitrogens with one attached hydrogen (secondary N) is 1. The maximum absolute atomic E-state index is 13.9. The van der Waals surface area contributed by atoms with Gasteiger partial charge in [0, 0.05) is 21.7 Å². The summed E-state index contributed by atoms with van der Waals surface area (Å²) in [6, 6.07) is 19.3. The second-order valence-electron chi connectivity index (χ2n) is 6.63. The number of benzene rings is 3. The summed E-state index contributed by atoms with van der Waals surface area (Å²) in [5.74, 6) is 0.0699. The Balaban J connectivity index is 1.61. The normalized spacial score (nSPS) is 10.9. The van der Waals surface area contributed by atoms with Gasteiger partial charge in [0.25, 0.3) is 0 Å². The minimum Gasteiger partial charge on any atom is -0.325 e. The fourth-order valence-corrected chi connectivity index (χ4v) is 3.95. The molecule has 7 heteroatoms. The van der Waals surface area contributed by atoms with E-state index >= 15 is 0 Å². The molecule has 0 spiro atoms. The minimum absolute atomic E-state index is 0.114. The number of fused-ring (bicyclic) bond motifs is 1. The highest BCUT2D eigenvalue weighted by molar-refractivity contribution is 8.00. The molecule has 0 saturated heterocycles. The van der Waals surface area contributed by atoms with Gasteiger partial charge in [-0.25, -0.2) is 14.4 Å². The molecule has 1 amide bonds. The highest BCUT2D eigenvalue weighted by Gasteiger charge is 2.14. The predicted molar refractivity (Wildman–Crippen MR) is 120 cm³/mol. The number of carbonyl (C=O) groups excluding carboxylic acids is 1. The monoisotopic (exact) mass is 437 g/mol. The summed E-state index contributed by atoms with van der Waals surface area (Å²) >= 11 is 7.36. The Hall–Kier alpha value is -2.96. The fraction of sp³-hybridized carbons (Fsp3) is 0.0870. The smallest absolute Gasteiger partial charge is 0.234 e. The van der Waals surface area contributed by atoms with Crippen molar-refractivity contribution in [2.45, 2.75) is 11.9 Å². The number of thioether (sulfide) groups is 1. The number of halogens is 2. The van der Waals surface area contributed by atoms with E-state index < -0.39 is 0 Å². The number of hydrogen-bond acceptors (Lipinski definition) is 4. The first-order valence-electron chi connectivity index (χ1n) is 9.22. The Morgan fingerprint density at radius 2 is 1.87 bits per heavy atom. The molecule has 1 heterocycles. The third kappa shape index (κ3) is 4.45. The van der Waals surface area contributed by atoms with E-state index in [0.717, 1.165) is 11.1 Å². The molecule has 0 aliphatic rings. The maximum Gasteiger partial charge on any atom is 0.234 e. The molecule has 0 unspecified atom stereocenters. The molecule has 1 N–H and O–H groups in total.